The van der Waals surface area contributed by atoms with Crippen LogP contribution in [0, 0.1) is 20.8 Å². The van der Waals surface area contributed by atoms with Crippen LogP contribution in [0.4, 0.5) is 11.4 Å². The van der Waals surface area contributed by atoms with Crippen molar-refractivity contribution >= 4 is 33.2 Å². The molecular formula is C18H19BrN6O. The first-order chi connectivity index (χ1) is 12.4. The van der Waals surface area contributed by atoms with Crippen molar-refractivity contribution in [3.63, 3.8) is 0 Å². The van der Waals surface area contributed by atoms with E-state index < -0.39 is 0 Å². The predicted molar refractivity (Wildman–Crippen MR) is 105 cm³/mol. The van der Waals surface area contributed by atoms with Gasteiger partial charge in [0.25, 0.3) is 0 Å². The van der Waals surface area contributed by atoms with E-state index in [9.17, 15) is 4.79 Å². The molecule has 0 saturated heterocycles. The number of carbonyl (C=O) groups excluding carboxylic acids is 1. The fourth-order valence-corrected chi connectivity index (χ4v) is 3.09. The smallest absolute Gasteiger partial charge is 0.243 e. The Morgan fingerprint density at radius 1 is 1.15 bits per heavy atom. The highest BCUT2D eigenvalue weighted by atomic mass is 79.9. The Balaban J connectivity index is 1.68. The molecule has 0 fully saturated rings. The Morgan fingerprint density at radius 2 is 1.96 bits per heavy atom. The first-order valence-corrected chi connectivity index (χ1v) is 8.89. The summed E-state index contributed by atoms with van der Waals surface area (Å²) in [4.78, 5) is 12.2. The molecule has 3 aromatic rings. The van der Waals surface area contributed by atoms with Gasteiger partial charge in [0.1, 0.15) is 0 Å². The van der Waals surface area contributed by atoms with Crippen LogP contribution < -0.4 is 10.6 Å². The Hall–Kier alpha value is -2.74. The Kier molecular flexibility index (Phi) is 5.32. The van der Waals surface area contributed by atoms with Crippen molar-refractivity contribution in [3.05, 3.63) is 57.8 Å². The number of hydrogen-bond acceptors (Lipinski definition) is 5. The van der Waals surface area contributed by atoms with Crippen molar-refractivity contribution in [2.45, 2.75) is 20.8 Å². The highest BCUT2D eigenvalue weighted by molar-refractivity contribution is 9.10. The van der Waals surface area contributed by atoms with Gasteiger partial charge >= 0.3 is 0 Å². The Morgan fingerprint density at radius 3 is 2.65 bits per heavy atom. The Labute approximate surface area is 159 Å². The van der Waals surface area contributed by atoms with Gasteiger partial charge in [-0.3, -0.25) is 4.79 Å². The first-order valence-electron chi connectivity index (χ1n) is 8.10. The van der Waals surface area contributed by atoms with Crippen LogP contribution in [0.1, 0.15) is 17.0 Å². The number of nitrogens with zero attached hydrogens (tertiary/aromatic N) is 4. The van der Waals surface area contributed by atoms with Gasteiger partial charge in [-0.05, 0) is 82.5 Å². The summed E-state index contributed by atoms with van der Waals surface area (Å²) in [5.41, 5.74) is 4.60. The van der Waals surface area contributed by atoms with Crippen LogP contribution in [0.15, 0.2) is 40.9 Å². The normalized spacial score (nSPS) is 10.6. The molecule has 1 aromatic heterocycles. The number of nitrogens with one attached hydrogen (secondary N) is 2. The lowest BCUT2D eigenvalue weighted by Gasteiger charge is -2.12. The average Bonchev–Trinajstić information content (AvgIpc) is 3.02. The van der Waals surface area contributed by atoms with Gasteiger partial charge < -0.3 is 10.6 Å². The van der Waals surface area contributed by atoms with Gasteiger partial charge in [0.15, 0.2) is 5.82 Å². The van der Waals surface area contributed by atoms with Crippen LogP contribution in [0.3, 0.4) is 0 Å². The predicted octanol–water partition coefficient (Wildman–Crippen LogP) is 3.40. The molecule has 0 unspecified atom stereocenters. The lowest BCUT2D eigenvalue weighted by molar-refractivity contribution is -0.114. The van der Waals surface area contributed by atoms with Gasteiger partial charge in [-0.2, -0.15) is 4.68 Å². The number of rotatable bonds is 5. The van der Waals surface area contributed by atoms with Crippen LogP contribution in [0.5, 0.6) is 0 Å². The minimum atomic E-state index is -0.129. The second-order valence-corrected chi connectivity index (χ2v) is 6.88. The second-order valence-electron chi connectivity index (χ2n) is 6.02. The van der Waals surface area contributed by atoms with Crippen molar-refractivity contribution in [2.24, 2.45) is 0 Å². The van der Waals surface area contributed by atoms with Gasteiger partial charge in [-0.1, -0.05) is 12.1 Å². The van der Waals surface area contributed by atoms with Crippen molar-refractivity contribution < 1.29 is 4.79 Å². The molecule has 1 amide bonds. The summed E-state index contributed by atoms with van der Waals surface area (Å²) in [6.45, 7) is 5.98. The number of benzene rings is 2. The third-order valence-electron chi connectivity index (χ3n) is 3.91. The third kappa shape index (κ3) is 4.08. The molecule has 0 radical (unpaired) electrons. The van der Waals surface area contributed by atoms with Crippen molar-refractivity contribution in [2.75, 3.05) is 17.2 Å². The molecule has 0 bridgehead atoms. The molecule has 0 aliphatic rings. The highest BCUT2D eigenvalue weighted by Gasteiger charge is 2.09. The highest BCUT2D eigenvalue weighted by Crippen LogP contribution is 2.23. The van der Waals surface area contributed by atoms with E-state index in [4.69, 9.17) is 0 Å². The van der Waals surface area contributed by atoms with E-state index in [1.165, 1.54) is 0 Å². The lowest BCUT2D eigenvalue weighted by atomic mass is 10.2. The van der Waals surface area contributed by atoms with Gasteiger partial charge in [0.2, 0.25) is 5.91 Å². The summed E-state index contributed by atoms with van der Waals surface area (Å²) in [5.74, 6) is 0.572. The monoisotopic (exact) mass is 414 g/mol. The number of carbonyl (C=O) groups is 1. The largest absolute Gasteiger partial charge is 0.376 e. The standard InChI is InChI=1S/C18H19BrN6O/c1-11-4-7-16(15(19)8-11)21-18(26)10-20-14-6-5-12(2)17(9-14)25-13(3)22-23-24-25/h4-9,20H,10H2,1-3H3,(H,21,26). The molecule has 8 heteroatoms. The van der Waals surface area contributed by atoms with E-state index in [1.54, 1.807) is 4.68 Å². The molecule has 2 N–H and O–H groups in total. The molecule has 0 aliphatic heterocycles. The van der Waals surface area contributed by atoms with E-state index in [0.29, 0.717) is 5.82 Å². The number of amides is 1. The van der Waals surface area contributed by atoms with Crippen LogP contribution in [-0.4, -0.2) is 32.7 Å². The first kappa shape index (κ1) is 18.1. The molecule has 134 valence electrons. The summed E-state index contributed by atoms with van der Waals surface area (Å²) in [6.07, 6.45) is 0. The molecule has 0 aliphatic carbocycles. The van der Waals surface area contributed by atoms with E-state index in [-0.39, 0.29) is 12.5 Å². The maximum Gasteiger partial charge on any atom is 0.243 e. The van der Waals surface area contributed by atoms with Crippen LogP contribution in [0.2, 0.25) is 0 Å². The molecule has 3 rings (SSSR count). The van der Waals surface area contributed by atoms with Crippen LogP contribution in [-0.2, 0) is 4.79 Å². The number of tetrazole rings is 1. The maximum absolute atomic E-state index is 12.2. The zero-order valence-electron chi connectivity index (χ0n) is 14.7. The Bertz CT molecular complexity index is 953. The molecule has 7 nitrogen and oxygen atoms in total. The average molecular weight is 415 g/mol. The van der Waals surface area contributed by atoms with Gasteiger partial charge in [0, 0.05) is 10.2 Å². The van der Waals surface area contributed by atoms with Gasteiger partial charge in [-0.25, -0.2) is 0 Å². The minimum Gasteiger partial charge on any atom is -0.376 e. The maximum atomic E-state index is 12.2. The summed E-state index contributed by atoms with van der Waals surface area (Å²) in [7, 11) is 0. The molecule has 0 atom stereocenters. The van der Waals surface area contributed by atoms with Gasteiger partial charge in [0.05, 0.1) is 17.9 Å². The topological polar surface area (TPSA) is 84.7 Å². The number of hydrogen-bond donors (Lipinski definition) is 2. The molecule has 0 spiro atoms. The third-order valence-corrected chi connectivity index (χ3v) is 4.57. The molecule has 1 heterocycles. The van der Waals surface area contributed by atoms with Crippen molar-refractivity contribution in [1.82, 2.24) is 20.2 Å². The summed E-state index contributed by atoms with van der Waals surface area (Å²) in [5, 5.41) is 17.6. The van der Waals surface area contributed by atoms with E-state index in [2.05, 4.69) is 42.1 Å². The van der Waals surface area contributed by atoms with Gasteiger partial charge in [-0.15, -0.1) is 5.10 Å². The van der Waals surface area contributed by atoms with Crippen LogP contribution in [0.25, 0.3) is 5.69 Å². The number of halogens is 1. The zero-order valence-corrected chi connectivity index (χ0v) is 16.3. The molecule has 0 saturated carbocycles. The molecular weight excluding hydrogens is 396 g/mol. The van der Waals surface area contributed by atoms with Crippen molar-refractivity contribution in [1.29, 1.82) is 0 Å². The molecule has 2 aromatic carbocycles. The quantitative estimate of drug-likeness (QED) is 0.667. The summed E-state index contributed by atoms with van der Waals surface area (Å²) >= 11 is 3.46. The lowest BCUT2D eigenvalue weighted by Crippen LogP contribution is -2.22. The number of aryl methyl sites for hydroxylation is 3. The summed E-state index contributed by atoms with van der Waals surface area (Å²) in [6, 6.07) is 11.6. The van der Waals surface area contributed by atoms with E-state index >= 15 is 0 Å². The number of anilines is 2. The fraction of sp³-hybridized carbons (Fsp3) is 0.222. The van der Waals surface area contributed by atoms with E-state index in [0.717, 1.165) is 32.7 Å². The fourth-order valence-electron chi connectivity index (χ4n) is 2.50. The van der Waals surface area contributed by atoms with Crippen LogP contribution >= 0.6 is 15.9 Å². The summed E-state index contributed by atoms with van der Waals surface area (Å²) < 4.78 is 2.53. The molecule has 26 heavy (non-hydrogen) atoms. The second kappa shape index (κ2) is 7.65. The van der Waals surface area contributed by atoms with E-state index in [1.807, 2.05) is 57.2 Å². The van der Waals surface area contributed by atoms with Crippen molar-refractivity contribution in [3.8, 4) is 5.69 Å². The SMILES string of the molecule is Cc1ccc(NC(=O)CNc2ccc(C)c(-n3nnnc3C)c2)c(Br)c1. The number of aromatic nitrogens is 4. The minimum absolute atomic E-state index is 0.129. The zero-order chi connectivity index (χ0) is 18.7.